The van der Waals surface area contributed by atoms with Gasteiger partial charge in [0.2, 0.25) is 0 Å². The third-order valence-corrected chi connectivity index (χ3v) is 3.74. The second-order valence-corrected chi connectivity index (χ2v) is 6.62. The number of likely N-dealkylation sites (tertiary alicyclic amines) is 1. The number of nitrogens with zero attached hydrogens (tertiary/aromatic N) is 1. The first-order valence-electron chi connectivity index (χ1n) is 7.15. The van der Waals surface area contributed by atoms with Crippen molar-refractivity contribution in [2.45, 2.75) is 58.1 Å². The van der Waals surface area contributed by atoms with E-state index in [1.54, 1.807) is 0 Å². The van der Waals surface area contributed by atoms with Crippen molar-refractivity contribution < 1.29 is 9.53 Å². The molecule has 4 nitrogen and oxygen atoms in total. The van der Waals surface area contributed by atoms with Crippen molar-refractivity contribution in [1.29, 1.82) is 0 Å². The minimum Gasteiger partial charge on any atom is -0.444 e. The summed E-state index contributed by atoms with van der Waals surface area (Å²) in [4.78, 5) is 13.7. The fourth-order valence-corrected chi connectivity index (χ4v) is 2.44. The standard InChI is InChI=1S/C14H26N2O2/c1-14(2,3)18-13(17)16-8-7-11(10-16)9-15-12-5-4-6-12/h11-12,15H,4-10H2,1-3H3. The molecule has 1 N–H and O–H groups in total. The molecule has 0 radical (unpaired) electrons. The summed E-state index contributed by atoms with van der Waals surface area (Å²) in [5, 5.41) is 3.59. The summed E-state index contributed by atoms with van der Waals surface area (Å²) >= 11 is 0. The zero-order valence-corrected chi connectivity index (χ0v) is 11.9. The summed E-state index contributed by atoms with van der Waals surface area (Å²) < 4.78 is 5.39. The summed E-state index contributed by atoms with van der Waals surface area (Å²) in [6.45, 7) is 8.47. The van der Waals surface area contributed by atoms with Crippen molar-refractivity contribution in [3.63, 3.8) is 0 Å². The van der Waals surface area contributed by atoms with E-state index in [4.69, 9.17) is 4.74 Å². The Bertz CT molecular complexity index is 295. The van der Waals surface area contributed by atoms with Crippen LogP contribution in [0.2, 0.25) is 0 Å². The van der Waals surface area contributed by atoms with Crippen molar-refractivity contribution in [3.05, 3.63) is 0 Å². The minimum atomic E-state index is -0.390. The summed E-state index contributed by atoms with van der Waals surface area (Å²) in [7, 11) is 0. The zero-order chi connectivity index (χ0) is 13.2. The molecule has 4 heteroatoms. The SMILES string of the molecule is CC(C)(C)OC(=O)N1CCC(CNC2CCC2)C1. The van der Waals surface area contributed by atoms with E-state index in [2.05, 4.69) is 5.32 Å². The molecule has 18 heavy (non-hydrogen) atoms. The van der Waals surface area contributed by atoms with E-state index in [1.807, 2.05) is 25.7 Å². The highest BCUT2D eigenvalue weighted by Gasteiger charge is 2.30. The predicted molar refractivity (Wildman–Crippen MR) is 71.6 cm³/mol. The van der Waals surface area contributed by atoms with Gasteiger partial charge < -0.3 is 15.0 Å². The van der Waals surface area contributed by atoms with Crippen molar-refractivity contribution >= 4 is 6.09 Å². The molecule has 2 aliphatic rings. The van der Waals surface area contributed by atoms with Gasteiger partial charge in [-0.3, -0.25) is 0 Å². The zero-order valence-electron chi connectivity index (χ0n) is 11.9. The molecule has 0 bridgehead atoms. The summed E-state index contributed by atoms with van der Waals surface area (Å²) in [6.07, 6.45) is 4.95. The molecule has 1 aliphatic carbocycles. The highest BCUT2D eigenvalue weighted by Crippen LogP contribution is 2.21. The van der Waals surface area contributed by atoms with Crippen LogP contribution in [0, 0.1) is 5.92 Å². The van der Waals surface area contributed by atoms with Gasteiger partial charge in [-0.15, -0.1) is 0 Å². The van der Waals surface area contributed by atoms with Crippen LogP contribution in [0.15, 0.2) is 0 Å². The van der Waals surface area contributed by atoms with E-state index in [9.17, 15) is 4.79 Å². The summed E-state index contributed by atoms with van der Waals surface area (Å²) in [5.41, 5.74) is -0.390. The van der Waals surface area contributed by atoms with Crippen LogP contribution in [0.3, 0.4) is 0 Å². The maximum absolute atomic E-state index is 11.9. The van der Waals surface area contributed by atoms with Gasteiger partial charge in [-0.2, -0.15) is 0 Å². The maximum Gasteiger partial charge on any atom is 0.410 e. The molecule has 0 aromatic rings. The molecule has 2 rings (SSSR count). The molecule has 104 valence electrons. The Morgan fingerprint density at radius 1 is 1.33 bits per heavy atom. The van der Waals surface area contributed by atoms with Gasteiger partial charge in [0.05, 0.1) is 0 Å². The van der Waals surface area contributed by atoms with E-state index in [0.29, 0.717) is 5.92 Å². The number of nitrogens with one attached hydrogen (secondary N) is 1. The second kappa shape index (κ2) is 5.47. The molecule has 0 aromatic carbocycles. The second-order valence-electron chi connectivity index (χ2n) is 6.62. The van der Waals surface area contributed by atoms with Crippen LogP contribution >= 0.6 is 0 Å². The fourth-order valence-electron chi connectivity index (χ4n) is 2.44. The van der Waals surface area contributed by atoms with Crippen LogP contribution in [-0.4, -0.2) is 42.3 Å². The third-order valence-electron chi connectivity index (χ3n) is 3.74. The lowest BCUT2D eigenvalue weighted by Crippen LogP contribution is -2.39. The molecule has 1 amide bonds. The van der Waals surface area contributed by atoms with Gasteiger partial charge in [-0.25, -0.2) is 4.79 Å². The van der Waals surface area contributed by atoms with Gasteiger partial charge in [0.25, 0.3) is 0 Å². The van der Waals surface area contributed by atoms with Gasteiger partial charge in [-0.1, -0.05) is 6.42 Å². The average molecular weight is 254 g/mol. The largest absolute Gasteiger partial charge is 0.444 e. The number of amides is 1. The molecule has 2 fully saturated rings. The number of carbonyl (C=O) groups is 1. The van der Waals surface area contributed by atoms with Crippen LogP contribution in [0.5, 0.6) is 0 Å². The van der Waals surface area contributed by atoms with Gasteiger partial charge >= 0.3 is 6.09 Å². The number of ether oxygens (including phenoxy) is 1. The number of hydrogen-bond donors (Lipinski definition) is 1. The Morgan fingerprint density at radius 2 is 2.06 bits per heavy atom. The molecule has 0 aromatic heterocycles. The average Bonchev–Trinajstić information content (AvgIpc) is 2.61. The van der Waals surface area contributed by atoms with Crippen LogP contribution in [0.1, 0.15) is 46.5 Å². The van der Waals surface area contributed by atoms with E-state index in [-0.39, 0.29) is 11.7 Å². The van der Waals surface area contributed by atoms with Crippen LogP contribution < -0.4 is 5.32 Å². The molecular formula is C14H26N2O2. The van der Waals surface area contributed by atoms with Gasteiger partial charge in [0.15, 0.2) is 0 Å². The quantitative estimate of drug-likeness (QED) is 0.841. The summed E-state index contributed by atoms with van der Waals surface area (Å²) in [6, 6.07) is 0.737. The van der Waals surface area contributed by atoms with Crippen molar-refractivity contribution in [2.24, 2.45) is 5.92 Å². The topological polar surface area (TPSA) is 41.6 Å². The van der Waals surface area contributed by atoms with Gasteiger partial charge in [0, 0.05) is 19.1 Å². The van der Waals surface area contributed by atoms with E-state index in [0.717, 1.165) is 32.1 Å². The lowest BCUT2D eigenvalue weighted by atomic mass is 9.92. The molecule has 1 atom stereocenters. The number of carbonyl (C=O) groups excluding carboxylic acids is 1. The molecule has 1 unspecified atom stereocenters. The van der Waals surface area contributed by atoms with Gasteiger partial charge in [0.1, 0.15) is 5.60 Å². The van der Waals surface area contributed by atoms with Gasteiger partial charge in [-0.05, 0) is 52.5 Å². The number of rotatable bonds is 3. The highest BCUT2D eigenvalue weighted by atomic mass is 16.6. The minimum absolute atomic E-state index is 0.159. The predicted octanol–water partition coefficient (Wildman–Crippen LogP) is 2.39. The molecule has 0 spiro atoms. The Balaban J connectivity index is 1.68. The van der Waals surface area contributed by atoms with Crippen LogP contribution in [0.25, 0.3) is 0 Å². The fraction of sp³-hybridized carbons (Fsp3) is 0.929. The highest BCUT2D eigenvalue weighted by molar-refractivity contribution is 5.68. The van der Waals surface area contributed by atoms with Crippen molar-refractivity contribution in [1.82, 2.24) is 10.2 Å². The first-order chi connectivity index (χ1) is 8.44. The Kier molecular flexibility index (Phi) is 4.15. The first kappa shape index (κ1) is 13.7. The lowest BCUT2D eigenvalue weighted by Gasteiger charge is -2.28. The van der Waals surface area contributed by atoms with E-state index >= 15 is 0 Å². The molecule has 1 aliphatic heterocycles. The smallest absolute Gasteiger partial charge is 0.410 e. The normalized spacial score (nSPS) is 25.1. The lowest BCUT2D eigenvalue weighted by molar-refractivity contribution is 0.0288. The Morgan fingerprint density at radius 3 is 2.61 bits per heavy atom. The summed E-state index contributed by atoms with van der Waals surface area (Å²) in [5.74, 6) is 0.595. The maximum atomic E-state index is 11.9. The molecule has 1 heterocycles. The molecular weight excluding hydrogens is 228 g/mol. The Hall–Kier alpha value is -0.770. The van der Waals surface area contributed by atoms with Crippen LogP contribution in [-0.2, 0) is 4.74 Å². The molecule has 1 saturated heterocycles. The van der Waals surface area contributed by atoms with Crippen LogP contribution in [0.4, 0.5) is 4.79 Å². The third kappa shape index (κ3) is 3.87. The van der Waals surface area contributed by atoms with Crippen molar-refractivity contribution in [2.75, 3.05) is 19.6 Å². The number of hydrogen-bond acceptors (Lipinski definition) is 3. The van der Waals surface area contributed by atoms with E-state index in [1.165, 1.54) is 19.3 Å². The molecule has 1 saturated carbocycles. The first-order valence-corrected chi connectivity index (χ1v) is 7.15. The van der Waals surface area contributed by atoms with E-state index < -0.39 is 0 Å². The van der Waals surface area contributed by atoms with Crippen molar-refractivity contribution in [3.8, 4) is 0 Å². The Labute approximate surface area is 110 Å². The monoisotopic (exact) mass is 254 g/mol.